The maximum atomic E-state index is 14.0. The van der Waals surface area contributed by atoms with Crippen LogP contribution in [-0.4, -0.2) is 72.2 Å². The molecule has 48 heavy (non-hydrogen) atoms. The van der Waals surface area contributed by atoms with Crippen molar-refractivity contribution in [2.45, 2.75) is 56.6 Å². The number of nitrogens with two attached hydrogens (primary N) is 1. The Morgan fingerprint density at radius 2 is 1.73 bits per heavy atom. The summed E-state index contributed by atoms with van der Waals surface area (Å²) >= 11 is 0. The molecule has 254 valence electrons. The molecule has 14 heteroatoms. The summed E-state index contributed by atoms with van der Waals surface area (Å²) < 4.78 is 49.9. The molecule has 0 aliphatic carbocycles. The van der Waals surface area contributed by atoms with Gasteiger partial charge in [-0.15, -0.1) is 0 Å². The highest BCUT2D eigenvalue weighted by atomic mass is 32.2. The summed E-state index contributed by atoms with van der Waals surface area (Å²) in [5, 5.41) is 16.1. The topological polar surface area (TPSA) is 165 Å². The van der Waals surface area contributed by atoms with Gasteiger partial charge in [-0.25, -0.2) is 9.18 Å². The number of urea groups is 1. The number of anilines is 1. The number of piperidine rings is 1. The van der Waals surface area contributed by atoms with E-state index in [9.17, 15) is 27.5 Å². The Balaban J connectivity index is 1.35. The Bertz CT molecular complexity index is 1850. The maximum absolute atomic E-state index is 14.0. The molecular formula is C34H39FN5O7S+. The average molecular weight is 681 g/mol. The van der Waals surface area contributed by atoms with Crippen molar-refractivity contribution < 1.29 is 40.7 Å². The minimum atomic E-state index is -4.22. The number of phenols is 1. The first-order chi connectivity index (χ1) is 22.7. The molecule has 0 saturated carbocycles. The number of rotatable bonds is 10. The molecule has 1 saturated heterocycles. The smallest absolute Gasteiger partial charge is 0.344 e. The third-order valence-electron chi connectivity index (χ3n) is 8.42. The van der Waals surface area contributed by atoms with Crippen LogP contribution < -0.4 is 15.2 Å². The summed E-state index contributed by atoms with van der Waals surface area (Å²) in [5.74, 6) is -0.711. The van der Waals surface area contributed by atoms with Crippen molar-refractivity contribution in [1.29, 1.82) is 0 Å². The number of amides is 3. The van der Waals surface area contributed by atoms with Gasteiger partial charge < -0.3 is 29.3 Å². The summed E-state index contributed by atoms with van der Waals surface area (Å²) in [5.41, 5.74) is 8.53. The van der Waals surface area contributed by atoms with E-state index in [4.69, 9.17) is 14.4 Å². The van der Waals surface area contributed by atoms with Crippen LogP contribution >= 0.6 is 0 Å². The zero-order valence-corrected chi connectivity index (χ0v) is 27.7. The van der Waals surface area contributed by atoms with Crippen molar-refractivity contribution in [1.82, 2.24) is 10.1 Å². The van der Waals surface area contributed by atoms with Crippen LogP contribution in [0.1, 0.15) is 35.4 Å². The summed E-state index contributed by atoms with van der Waals surface area (Å²) in [4.78, 5) is 28.9. The number of halogens is 1. The fourth-order valence-corrected chi connectivity index (χ4v) is 7.40. The highest BCUT2D eigenvalue weighted by Gasteiger charge is 2.41. The number of quaternary nitrogens is 1. The predicted octanol–water partition coefficient (Wildman–Crippen LogP) is 4.64. The van der Waals surface area contributed by atoms with Gasteiger partial charge in [0, 0.05) is 11.3 Å². The number of aryl methyl sites for hydroxylation is 2. The van der Waals surface area contributed by atoms with Crippen LogP contribution in [0.15, 0.2) is 82.2 Å². The van der Waals surface area contributed by atoms with Gasteiger partial charge in [-0.05, 0) is 87.2 Å². The molecule has 3 aromatic carbocycles. The van der Waals surface area contributed by atoms with Gasteiger partial charge in [0.25, 0.3) is 0 Å². The number of nitrogens with zero attached hydrogens (tertiary/aromatic N) is 3. The Morgan fingerprint density at radius 1 is 1.08 bits per heavy atom. The fourth-order valence-electron chi connectivity index (χ4n) is 6.16. The second kappa shape index (κ2) is 14.1. The molecule has 5 rings (SSSR count). The first kappa shape index (κ1) is 34.5. The Hall–Kier alpha value is -4.79. The lowest BCUT2D eigenvalue weighted by molar-refractivity contribution is -0.928. The monoisotopic (exact) mass is 680 g/mol. The number of imide groups is 1. The van der Waals surface area contributed by atoms with E-state index in [1.165, 1.54) is 67.3 Å². The largest absolute Gasteiger partial charge is 0.508 e. The van der Waals surface area contributed by atoms with E-state index in [1.54, 1.807) is 24.3 Å². The second-order valence-electron chi connectivity index (χ2n) is 12.4. The van der Waals surface area contributed by atoms with Crippen LogP contribution in [0.4, 0.5) is 14.9 Å². The summed E-state index contributed by atoms with van der Waals surface area (Å²) in [6.07, 6.45) is 1.44. The van der Waals surface area contributed by atoms with Crippen molar-refractivity contribution in [3.05, 3.63) is 101 Å². The van der Waals surface area contributed by atoms with Crippen molar-refractivity contribution in [3.8, 4) is 11.5 Å². The van der Waals surface area contributed by atoms with Crippen molar-refractivity contribution in [2.24, 2.45) is 5.73 Å². The molecule has 1 aromatic heterocycles. The number of carbonyl (C=O) groups is 2. The van der Waals surface area contributed by atoms with E-state index in [-0.39, 0.29) is 40.1 Å². The van der Waals surface area contributed by atoms with Crippen LogP contribution in [0.2, 0.25) is 0 Å². The number of phenolic OH excluding ortho intramolecular Hbond substituents is 1. The highest BCUT2D eigenvalue weighted by molar-refractivity contribution is 7.87. The maximum Gasteiger partial charge on any atom is 0.344 e. The molecule has 1 unspecified atom stereocenters. The quantitative estimate of drug-likeness (QED) is 0.160. The first-order valence-corrected chi connectivity index (χ1v) is 16.9. The number of aromatic hydroxyl groups is 1. The summed E-state index contributed by atoms with van der Waals surface area (Å²) in [7, 11) is -2.18. The van der Waals surface area contributed by atoms with Crippen molar-refractivity contribution >= 4 is 27.7 Å². The third kappa shape index (κ3) is 8.19. The van der Waals surface area contributed by atoms with Gasteiger partial charge in [0.1, 0.15) is 36.1 Å². The lowest BCUT2D eigenvalue weighted by atomic mass is 9.98. The molecule has 3 atom stereocenters. The molecule has 12 nitrogen and oxygen atoms in total. The van der Waals surface area contributed by atoms with E-state index in [0.29, 0.717) is 29.7 Å². The first-order valence-electron chi connectivity index (χ1n) is 15.5. The number of benzene rings is 3. The average Bonchev–Trinajstić information content (AvgIpc) is 3.38. The molecule has 2 heterocycles. The minimum Gasteiger partial charge on any atom is -0.508 e. The van der Waals surface area contributed by atoms with Gasteiger partial charge in [0.2, 0.25) is 5.91 Å². The molecule has 1 aliphatic heterocycles. The van der Waals surface area contributed by atoms with Gasteiger partial charge in [-0.3, -0.25) is 9.69 Å². The standard InChI is InChI=1S/C34H38FN5O7S/c1-22-32(23(2)46-38-22)48(44,45)47-30-16-12-27(13-17-30)37-34(43)39(33(42)31(36)19-24-8-14-29(41)15-9-24)28-5-4-18-40(3,21-28)20-25-6-10-26(35)11-7-25/h6-17,28,31H,4-5,18-21,36H2,1-3H3,(H-,37,41,43)/p+1/t28-,31-,40?/m0/s1. The Kier molecular flexibility index (Phi) is 10.2. The Morgan fingerprint density at radius 3 is 2.35 bits per heavy atom. The van der Waals surface area contributed by atoms with Crippen LogP contribution in [0.3, 0.4) is 0 Å². The normalized spacial score (nSPS) is 18.6. The lowest BCUT2D eigenvalue weighted by Crippen LogP contribution is -2.62. The van der Waals surface area contributed by atoms with E-state index in [1.807, 2.05) is 7.05 Å². The van der Waals surface area contributed by atoms with Gasteiger partial charge in [0.05, 0.1) is 25.7 Å². The van der Waals surface area contributed by atoms with Crippen LogP contribution in [0.5, 0.6) is 11.5 Å². The lowest BCUT2D eigenvalue weighted by Gasteiger charge is -2.44. The van der Waals surface area contributed by atoms with E-state index < -0.39 is 34.1 Å². The van der Waals surface area contributed by atoms with E-state index in [0.717, 1.165) is 24.1 Å². The van der Waals surface area contributed by atoms with Crippen LogP contribution in [0.25, 0.3) is 0 Å². The zero-order chi connectivity index (χ0) is 34.6. The molecular weight excluding hydrogens is 641 g/mol. The second-order valence-corrected chi connectivity index (χ2v) is 13.9. The number of likely N-dealkylation sites (N-methyl/N-ethyl adjacent to an activating group) is 1. The molecule has 0 bridgehead atoms. The van der Waals surface area contributed by atoms with E-state index in [2.05, 4.69) is 10.5 Å². The Labute approximate surface area is 278 Å². The summed E-state index contributed by atoms with van der Waals surface area (Å²) in [6, 6.07) is 16.1. The van der Waals surface area contributed by atoms with Crippen LogP contribution in [0, 0.1) is 19.7 Å². The van der Waals surface area contributed by atoms with Crippen LogP contribution in [-0.2, 0) is 27.9 Å². The molecule has 3 amide bonds. The predicted molar refractivity (Wildman–Crippen MR) is 175 cm³/mol. The van der Waals surface area contributed by atoms with Gasteiger partial charge in [-0.1, -0.05) is 29.4 Å². The number of hydrogen-bond donors (Lipinski definition) is 3. The van der Waals surface area contributed by atoms with E-state index >= 15 is 0 Å². The zero-order valence-electron chi connectivity index (χ0n) is 26.9. The molecule has 0 spiro atoms. The molecule has 1 fully saturated rings. The highest BCUT2D eigenvalue weighted by Crippen LogP contribution is 2.28. The molecule has 1 aliphatic rings. The number of aromatic nitrogens is 1. The summed E-state index contributed by atoms with van der Waals surface area (Å²) in [6.45, 7) is 4.79. The molecule has 4 aromatic rings. The third-order valence-corrected chi connectivity index (χ3v) is 9.92. The van der Waals surface area contributed by atoms with Gasteiger partial charge in [-0.2, -0.15) is 8.42 Å². The number of hydrogen-bond acceptors (Lipinski definition) is 9. The van der Waals surface area contributed by atoms with Gasteiger partial charge >= 0.3 is 16.1 Å². The molecule has 0 radical (unpaired) electrons. The SMILES string of the molecule is Cc1noc(C)c1S(=O)(=O)Oc1ccc(NC(=O)N(C(=O)[C@@H](N)Cc2ccc(O)cc2)[C@H]2CCC[N+](C)(Cc3ccc(F)cc3)C2)cc1. The van der Waals surface area contributed by atoms with Crippen molar-refractivity contribution in [2.75, 3.05) is 25.5 Å². The van der Waals surface area contributed by atoms with Gasteiger partial charge in [0.15, 0.2) is 10.7 Å². The number of nitrogens with one attached hydrogen (secondary N) is 1. The molecule has 4 N–H and O–H groups in total. The fraction of sp³-hybridized carbons (Fsp3) is 0.324. The van der Waals surface area contributed by atoms with Crippen molar-refractivity contribution in [3.63, 3.8) is 0 Å². The number of carbonyl (C=O) groups excluding carboxylic acids is 2. The number of likely N-dealkylation sites (tertiary alicyclic amines) is 1. The minimum absolute atomic E-state index is 0.00186.